The first-order valence-electron chi connectivity index (χ1n) is 9.39. The van der Waals surface area contributed by atoms with E-state index in [0.29, 0.717) is 18.7 Å². The quantitative estimate of drug-likeness (QED) is 0.845. The van der Waals surface area contributed by atoms with Gasteiger partial charge in [-0.15, -0.1) is 0 Å². The van der Waals surface area contributed by atoms with Crippen LogP contribution in [0.2, 0.25) is 0 Å². The first-order chi connectivity index (χ1) is 13.2. The molecule has 0 aliphatic carbocycles. The lowest BCUT2D eigenvalue weighted by atomic mass is 9.97. The van der Waals surface area contributed by atoms with Crippen LogP contribution in [0.25, 0.3) is 0 Å². The van der Waals surface area contributed by atoms with Gasteiger partial charge in [-0.25, -0.2) is 4.79 Å². The van der Waals surface area contributed by atoms with Crippen molar-refractivity contribution in [1.82, 2.24) is 15.2 Å². The van der Waals surface area contributed by atoms with Crippen LogP contribution in [0.5, 0.6) is 11.5 Å². The number of nitrogens with zero attached hydrogens (tertiary/aromatic N) is 2. The predicted molar refractivity (Wildman–Crippen MR) is 104 cm³/mol. The number of nitrogens with one attached hydrogen (secondary N) is 1. The number of carbonyl (C=O) groups excluding carboxylic acids is 1. The van der Waals surface area contributed by atoms with Crippen LogP contribution in [-0.4, -0.2) is 43.2 Å². The molecule has 2 aromatic rings. The maximum Gasteiger partial charge on any atom is 0.317 e. The first-order valence-corrected chi connectivity index (χ1v) is 9.39. The first kappa shape index (κ1) is 19.0. The minimum atomic E-state index is -0.0228. The molecule has 0 bridgehead atoms. The van der Waals surface area contributed by atoms with Crippen LogP contribution in [0.4, 0.5) is 4.79 Å². The summed E-state index contributed by atoms with van der Waals surface area (Å²) in [7, 11) is 3.25. The third-order valence-electron chi connectivity index (χ3n) is 4.99. The second-order valence-corrected chi connectivity index (χ2v) is 6.63. The Morgan fingerprint density at radius 1 is 1.22 bits per heavy atom. The summed E-state index contributed by atoms with van der Waals surface area (Å²) >= 11 is 0. The van der Waals surface area contributed by atoms with Crippen molar-refractivity contribution in [2.45, 2.75) is 31.7 Å². The molecule has 0 spiro atoms. The molecule has 0 saturated carbocycles. The van der Waals surface area contributed by atoms with Gasteiger partial charge in [-0.2, -0.15) is 0 Å². The van der Waals surface area contributed by atoms with Gasteiger partial charge < -0.3 is 19.7 Å². The van der Waals surface area contributed by atoms with Gasteiger partial charge in [0.05, 0.1) is 20.3 Å². The Kier molecular flexibility index (Phi) is 6.52. The number of piperidine rings is 1. The van der Waals surface area contributed by atoms with Crippen LogP contribution in [0.1, 0.15) is 36.4 Å². The Morgan fingerprint density at radius 2 is 2.11 bits per heavy atom. The number of carbonyl (C=O) groups is 1. The van der Waals surface area contributed by atoms with Gasteiger partial charge in [-0.1, -0.05) is 18.2 Å². The van der Waals surface area contributed by atoms with Crippen molar-refractivity contribution in [2.24, 2.45) is 0 Å². The van der Waals surface area contributed by atoms with Crippen molar-refractivity contribution in [1.29, 1.82) is 0 Å². The van der Waals surface area contributed by atoms with Gasteiger partial charge in [-0.3, -0.25) is 4.98 Å². The summed E-state index contributed by atoms with van der Waals surface area (Å²) in [4.78, 5) is 18.9. The van der Waals surface area contributed by atoms with Gasteiger partial charge in [0, 0.05) is 25.5 Å². The van der Waals surface area contributed by atoms with Crippen molar-refractivity contribution in [3.63, 3.8) is 0 Å². The van der Waals surface area contributed by atoms with Crippen LogP contribution in [-0.2, 0) is 6.42 Å². The third-order valence-corrected chi connectivity index (χ3v) is 4.99. The summed E-state index contributed by atoms with van der Waals surface area (Å²) in [5, 5.41) is 3.06. The highest BCUT2D eigenvalue weighted by Gasteiger charge is 2.27. The third kappa shape index (κ3) is 4.51. The number of urea groups is 1. The van der Waals surface area contributed by atoms with Crippen LogP contribution in [0.15, 0.2) is 42.7 Å². The SMILES string of the molecule is COc1cccc(CCNC(=O)N2CCCC[C@H]2c2cccnc2)c1OC. The number of methoxy groups -OCH3 is 2. The lowest BCUT2D eigenvalue weighted by molar-refractivity contribution is 0.151. The molecular weight excluding hydrogens is 342 g/mol. The van der Waals surface area contributed by atoms with E-state index in [1.165, 1.54) is 0 Å². The number of amides is 2. The van der Waals surface area contributed by atoms with Gasteiger partial charge in [0.15, 0.2) is 11.5 Å². The highest BCUT2D eigenvalue weighted by atomic mass is 16.5. The summed E-state index contributed by atoms with van der Waals surface area (Å²) in [5.41, 5.74) is 2.11. The Morgan fingerprint density at radius 3 is 2.85 bits per heavy atom. The molecule has 2 heterocycles. The average Bonchev–Trinajstić information content (AvgIpc) is 2.74. The number of para-hydroxylation sites is 1. The summed E-state index contributed by atoms with van der Waals surface area (Å²) in [5.74, 6) is 1.43. The van der Waals surface area contributed by atoms with Crippen LogP contribution < -0.4 is 14.8 Å². The molecule has 2 amide bonds. The molecule has 0 radical (unpaired) electrons. The Hall–Kier alpha value is -2.76. The zero-order chi connectivity index (χ0) is 19.1. The number of rotatable bonds is 6. The molecule has 0 unspecified atom stereocenters. The Balaban J connectivity index is 1.62. The smallest absolute Gasteiger partial charge is 0.317 e. The Labute approximate surface area is 160 Å². The minimum absolute atomic E-state index is 0.0228. The highest BCUT2D eigenvalue weighted by Crippen LogP contribution is 2.31. The van der Waals surface area contributed by atoms with Crippen LogP contribution >= 0.6 is 0 Å². The fraction of sp³-hybridized carbons (Fsp3) is 0.429. The number of aromatic nitrogens is 1. The maximum atomic E-state index is 12.8. The van der Waals surface area contributed by atoms with E-state index in [-0.39, 0.29) is 12.1 Å². The monoisotopic (exact) mass is 369 g/mol. The van der Waals surface area contributed by atoms with Gasteiger partial charge >= 0.3 is 6.03 Å². The molecule has 3 rings (SSSR count). The van der Waals surface area contributed by atoms with E-state index in [4.69, 9.17) is 9.47 Å². The van der Waals surface area contributed by atoms with Crippen molar-refractivity contribution in [3.8, 4) is 11.5 Å². The number of hydrogen-bond acceptors (Lipinski definition) is 4. The largest absolute Gasteiger partial charge is 0.493 e. The van der Waals surface area contributed by atoms with Crippen molar-refractivity contribution in [3.05, 3.63) is 53.9 Å². The van der Waals surface area contributed by atoms with Crippen molar-refractivity contribution < 1.29 is 14.3 Å². The van der Waals surface area contributed by atoms with E-state index >= 15 is 0 Å². The standard InChI is InChI=1S/C21H27N3O3/c1-26-19-10-5-7-16(20(19)27-2)11-13-23-21(25)24-14-4-3-9-18(24)17-8-6-12-22-15-17/h5-8,10,12,15,18H,3-4,9,11,13-14H2,1-2H3,(H,23,25)/t18-/m0/s1. The molecule has 144 valence electrons. The second kappa shape index (κ2) is 9.26. The lowest BCUT2D eigenvalue weighted by Crippen LogP contribution is -2.45. The number of benzene rings is 1. The molecule has 1 aliphatic heterocycles. The molecule has 1 aromatic heterocycles. The summed E-state index contributed by atoms with van der Waals surface area (Å²) in [6.07, 6.45) is 7.44. The zero-order valence-corrected chi connectivity index (χ0v) is 16.0. The molecular formula is C21H27N3O3. The molecule has 1 aromatic carbocycles. The van der Waals surface area contributed by atoms with Crippen molar-refractivity contribution in [2.75, 3.05) is 27.3 Å². The molecule has 1 aliphatic rings. The summed E-state index contributed by atoms with van der Waals surface area (Å²) in [6.45, 7) is 1.31. The number of ether oxygens (including phenoxy) is 2. The minimum Gasteiger partial charge on any atom is -0.493 e. The maximum absolute atomic E-state index is 12.8. The topological polar surface area (TPSA) is 63.7 Å². The van der Waals surface area contributed by atoms with E-state index in [0.717, 1.165) is 42.7 Å². The lowest BCUT2D eigenvalue weighted by Gasteiger charge is -2.35. The predicted octanol–water partition coefficient (Wildman–Crippen LogP) is 3.58. The summed E-state index contributed by atoms with van der Waals surface area (Å²) < 4.78 is 10.8. The molecule has 1 saturated heterocycles. The van der Waals surface area contributed by atoms with Gasteiger partial charge in [0.1, 0.15) is 0 Å². The van der Waals surface area contributed by atoms with E-state index in [1.807, 2.05) is 41.4 Å². The van der Waals surface area contributed by atoms with Gasteiger partial charge in [0.2, 0.25) is 0 Å². The van der Waals surface area contributed by atoms with E-state index in [9.17, 15) is 4.79 Å². The number of likely N-dealkylation sites (tertiary alicyclic amines) is 1. The molecule has 27 heavy (non-hydrogen) atoms. The number of pyridine rings is 1. The van der Waals surface area contributed by atoms with E-state index in [1.54, 1.807) is 20.4 Å². The van der Waals surface area contributed by atoms with E-state index in [2.05, 4.69) is 10.3 Å². The molecule has 1 atom stereocenters. The molecule has 6 heteroatoms. The Bertz CT molecular complexity index is 752. The number of hydrogen-bond donors (Lipinski definition) is 1. The fourth-order valence-electron chi connectivity index (χ4n) is 3.65. The van der Waals surface area contributed by atoms with Gasteiger partial charge in [-0.05, 0) is 48.9 Å². The van der Waals surface area contributed by atoms with E-state index < -0.39 is 0 Å². The fourth-order valence-corrected chi connectivity index (χ4v) is 3.65. The van der Waals surface area contributed by atoms with Crippen LogP contribution in [0, 0.1) is 0 Å². The van der Waals surface area contributed by atoms with Gasteiger partial charge in [0.25, 0.3) is 0 Å². The highest BCUT2D eigenvalue weighted by molar-refractivity contribution is 5.75. The second-order valence-electron chi connectivity index (χ2n) is 6.63. The average molecular weight is 369 g/mol. The van der Waals surface area contributed by atoms with Crippen LogP contribution in [0.3, 0.4) is 0 Å². The summed E-state index contributed by atoms with van der Waals surface area (Å²) in [6, 6.07) is 9.84. The normalized spacial score (nSPS) is 16.7. The zero-order valence-electron chi connectivity index (χ0n) is 16.0. The molecule has 1 N–H and O–H groups in total. The molecule has 6 nitrogen and oxygen atoms in total. The van der Waals surface area contributed by atoms with Crippen molar-refractivity contribution >= 4 is 6.03 Å². The molecule has 1 fully saturated rings.